The molecule has 36 heavy (non-hydrogen) atoms. The molecular weight excluding hydrogens is 489 g/mol. The van der Waals surface area contributed by atoms with Gasteiger partial charge in [0.2, 0.25) is 0 Å². The van der Waals surface area contributed by atoms with E-state index in [0.29, 0.717) is 25.6 Å². The molecule has 2 amide bonds. The Morgan fingerprint density at radius 2 is 1.64 bits per heavy atom. The summed E-state index contributed by atoms with van der Waals surface area (Å²) in [6.45, 7) is 13.4. The molecule has 1 aromatic rings. The van der Waals surface area contributed by atoms with Crippen molar-refractivity contribution in [2.45, 2.75) is 78.1 Å². The van der Waals surface area contributed by atoms with E-state index in [2.05, 4.69) is 5.32 Å². The van der Waals surface area contributed by atoms with E-state index in [1.165, 1.54) is 0 Å². The van der Waals surface area contributed by atoms with Crippen molar-refractivity contribution < 1.29 is 51.9 Å². The summed E-state index contributed by atoms with van der Waals surface area (Å²) in [6.07, 6.45) is -2.96. The number of alkyl carbamates (subject to hydrolysis) is 1. The highest BCUT2D eigenvalue weighted by Crippen LogP contribution is 2.20. The number of nitrogens with zero attached hydrogens (tertiary/aromatic N) is 3. The van der Waals surface area contributed by atoms with Crippen LogP contribution in [0.1, 0.15) is 41.5 Å². The largest absolute Gasteiger partial charge is 0.542 e. The monoisotopic (exact) mass is 524 g/mol. The normalized spacial score (nSPS) is 15.2. The lowest BCUT2D eigenvalue weighted by atomic mass is 10.0. The fourth-order valence-corrected chi connectivity index (χ4v) is 2.96. The van der Waals surface area contributed by atoms with Crippen LogP contribution in [0.4, 0.5) is 22.8 Å². The van der Waals surface area contributed by atoms with Crippen LogP contribution in [0.25, 0.3) is 0 Å². The minimum atomic E-state index is -5.19. The number of aliphatic carboxylic acids is 1. The smallest absolute Gasteiger partial charge is 0.430 e. The van der Waals surface area contributed by atoms with Crippen molar-refractivity contribution in [2.24, 2.45) is 5.92 Å². The zero-order valence-electron chi connectivity index (χ0n) is 21.3. The van der Waals surface area contributed by atoms with Gasteiger partial charge in [0.25, 0.3) is 0 Å². The maximum Gasteiger partial charge on any atom is 0.430 e. The van der Waals surface area contributed by atoms with Crippen LogP contribution in [0, 0.1) is 5.92 Å². The van der Waals surface area contributed by atoms with E-state index in [4.69, 9.17) is 19.4 Å². The fraction of sp³-hybridized carbons (Fsp3) is 0.727. The van der Waals surface area contributed by atoms with E-state index in [1.807, 2.05) is 48.6 Å². The summed E-state index contributed by atoms with van der Waals surface area (Å²) in [4.78, 5) is 34.2. The first-order chi connectivity index (χ1) is 16.3. The predicted molar refractivity (Wildman–Crippen MR) is 117 cm³/mol. The van der Waals surface area contributed by atoms with Gasteiger partial charge in [-0.15, -0.1) is 4.68 Å². The van der Waals surface area contributed by atoms with Gasteiger partial charge in [0.15, 0.2) is 12.7 Å². The minimum absolute atomic E-state index is 0.100. The predicted octanol–water partition coefficient (Wildman–Crippen LogP) is 0.827. The molecule has 1 aromatic heterocycles. The third-order valence-electron chi connectivity index (χ3n) is 4.41. The summed E-state index contributed by atoms with van der Waals surface area (Å²) in [5.41, 5.74) is -1.07. The average Bonchev–Trinajstić information content (AvgIpc) is 3.06. The zero-order valence-corrected chi connectivity index (χ0v) is 21.3. The number of carbonyl (C=O) groups is 3. The summed E-state index contributed by atoms with van der Waals surface area (Å²) in [6, 6.07) is 1.90. The first kappa shape index (κ1) is 31.0. The number of ether oxygens (including phenoxy) is 2. The number of halogens is 3. The van der Waals surface area contributed by atoms with Crippen molar-refractivity contribution in [1.82, 2.24) is 14.9 Å². The van der Waals surface area contributed by atoms with E-state index >= 15 is 0 Å². The second kappa shape index (κ2) is 12.3. The Balaban J connectivity index is 0.000000809. The Bertz CT molecular complexity index is 864. The van der Waals surface area contributed by atoms with E-state index in [1.54, 1.807) is 25.7 Å². The number of likely N-dealkylation sites (tertiary alicyclic amines) is 1. The number of hydrogen-bond acceptors (Lipinski definition) is 7. The molecule has 0 saturated carbocycles. The summed E-state index contributed by atoms with van der Waals surface area (Å²) < 4.78 is 46.0. The molecule has 1 atom stereocenters. The van der Waals surface area contributed by atoms with Gasteiger partial charge >= 0.3 is 18.4 Å². The number of rotatable bonds is 6. The molecule has 2 heterocycles. The van der Waals surface area contributed by atoms with Gasteiger partial charge in [0.05, 0.1) is 19.3 Å². The van der Waals surface area contributed by atoms with Crippen LogP contribution in [0.3, 0.4) is 0 Å². The fourth-order valence-electron chi connectivity index (χ4n) is 2.96. The first-order valence-electron chi connectivity index (χ1n) is 11.2. The lowest BCUT2D eigenvalue weighted by molar-refractivity contribution is -0.781. The Kier molecular flexibility index (Phi) is 10.6. The molecule has 11 nitrogen and oxygen atoms in total. The molecule has 1 aliphatic rings. The summed E-state index contributed by atoms with van der Waals surface area (Å²) >= 11 is 0. The van der Waals surface area contributed by atoms with Gasteiger partial charge in [-0.2, -0.15) is 17.9 Å². The van der Waals surface area contributed by atoms with Gasteiger partial charge in [-0.25, -0.2) is 9.59 Å². The highest BCUT2D eigenvalue weighted by atomic mass is 19.4. The average molecular weight is 525 g/mol. The van der Waals surface area contributed by atoms with Crippen LogP contribution in [0.2, 0.25) is 0 Å². The Hall–Kier alpha value is -3.03. The molecule has 1 aliphatic heterocycles. The van der Waals surface area contributed by atoms with Crippen molar-refractivity contribution in [3.05, 3.63) is 18.5 Å². The number of alkyl halides is 3. The minimum Gasteiger partial charge on any atom is -0.542 e. The number of aliphatic hydroxyl groups is 1. The number of carboxylic acid groups (broad SMARTS) is 1. The quantitative estimate of drug-likeness (QED) is 0.526. The van der Waals surface area contributed by atoms with Crippen molar-refractivity contribution in [1.29, 1.82) is 0 Å². The highest BCUT2D eigenvalue weighted by Gasteiger charge is 2.35. The second-order valence-corrected chi connectivity index (χ2v) is 10.3. The number of hydrogen-bond donors (Lipinski definition) is 2. The third kappa shape index (κ3) is 12.1. The van der Waals surface area contributed by atoms with Gasteiger partial charge < -0.3 is 34.7 Å². The van der Waals surface area contributed by atoms with Gasteiger partial charge in [-0.05, 0) is 41.5 Å². The Labute approximate surface area is 207 Å². The third-order valence-corrected chi connectivity index (χ3v) is 4.41. The van der Waals surface area contributed by atoms with Crippen molar-refractivity contribution in [2.75, 3.05) is 19.6 Å². The number of carbonyl (C=O) groups excluding carboxylic acids is 3. The molecule has 206 valence electrons. The maximum atomic E-state index is 12.0. The first-order valence-corrected chi connectivity index (χ1v) is 11.2. The standard InChI is InChI=1S/C20H34N4O5.C2HF3O2/c1-19(2,3)28-17(26)21-10-16(25)14-24-9-7-8-23(24)13-15-11-22(12-15)18(27)29-20(4,5)6;3-2(4,5)1(6)7/h7-9,15-16,25H,10-14H2,1-6H3;(H,6,7)/t16-;/m0./s1. The summed E-state index contributed by atoms with van der Waals surface area (Å²) in [5, 5.41) is 21.6. The summed E-state index contributed by atoms with van der Waals surface area (Å²) in [7, 11) is 0. The zero-order chi connectivity index (χ0) is 27.9. The van der Waals surface area contributed by atoms with Gasteiger partial charge in [0.1, 0.15) is 23.3 Å². The van der Waals surface area contributed by atoms with Crippen LogP contribution in [0.15, 0.2) is 18.5 Å². The molecule has 0 unspecified atom stereocenters. The number of nitrogens with one attached hydrogen (secondary N) is 1. The van der Waals surface area contributed by atoms with Crippen LogP contribution < -0.4 is 15.1 Å². The molecule has 1 fully saturated rings. The molecule has 2 rings (SSSR count). The Morgan fingerprint density at radius 3 is 2.11 bits per heavy atom. The van der Waals surface area contributed by atoms with Crippen LogP contribution in [0.5, 0.6) is 0 Å². The molecular formula is C22H35F3N4O7. The molecule has 0 radical (unpaired) electrons. The van der Waals surface area contributed by atoms with Crippen LogP contribution in [-0.4, -0.2) is 76.0 Å². The van der Waals surface area contributed by atoms with Crippen molar-refractivity contribution >= 4 is 18.2 Å². The van der Waals surface area contributed by atoms with Crippen LogP contribution in [-0.2, 0) is 27.4 Å². The van der Waals surface area contributed by atoms with Gasteiger partial charge in [-0.3, -0.25) is 0 Å². The molecule has 0 bridgehead atoms. The SMILES string of the molecule is CC(C)(C)OC(=O)NC[C@H](O)C[n+]1cccn1CC1CN(C(=O)OC(C)(C)C)C1.O=C([O-])C(F)(F)F. The molecule has 0 aromatic carbocycles. The molecule has 0 spiro atoms. The topological polar surface area (TPSA) is 137 Å². The lowest BCUT2D eigenvalue weighted by Crippen LogP contribution is -2.56. The molecule has 14 heteroatoms. The van der Waals surface area contributed by atoms with E-state index in [-0.39, 0.29) is 12.6 Å². The number of carboxylic acids is 1. The van der Waals surface area contributed by atoms with E-state index in [0.717, 1.165) is 6.54 Å². The van der Waals surface area contributed by atoms with E-state index in [9.17, 15) is 27.9 Å². The molecule has 0 aliphatic carbocycles. The van der Waals surface area contributed by atoms with Gasteiger partial charge in [-0.1, -0.05) is 0 Å². The van der Waals surface area contributed by atoms with Crippen molar-refractivity contribution in [3.63, 3.8) is 0 Å². The maximum absolute atomic E-state index is 12.0. The van der Waals surface area contributed by atoms with E-state index < -0.39 is 35.5 Å². The number of aliphatic hydroxyl groups excluding tert-OH is 1. The summed E-state index contributed by atoms with van der Waals surface area (Å²) in [5.74, 6) is -2.68. The lowest BCUT2D eigenvalue weighted by Gasteiger charge is -2.39. The van der Waals surface area contributed by atoms with Crippen LogP contribution >= 0.6 is 0 Å². The number of aromatic nitrogens is 2. The highest BCUT2D eigenvalue weighted by molar-refractivity contribution is 5.70. The second-order valence-electron chi connectivity index (χ2n) is 10.3. The Morgan fingerprint density at radius 1 is 1.11 bits per heavy atom. The molecule has 2 N–H and O–H groups in total. The van der Waals surface area contributed by atoms with Crippen molar-refractivity contribution in [3.8, 4) is 0 Å². The van der Waals surface area contributed by atoms with Gasteiger partial charge in [0, 0.05) is 25.1 Å². The number of amides is 2. The molecule has 1 saturated heterocycles.